The summed E-state index contributed by atoms with van der Waals surface area (Å²) in [7, 11) is 0. The molecule has 5 heteroatoms. The van der Waals surface area contributed by atoms with Crippen molar-refractivity contribution in [2.75, 3.05) is 6.54 Å². The summed E-state index contributed by atoms with van der Waals surface area (Å²) < 4.78 is 2.03. The standard InChI is InChI=1S/C30H34ClN3O/c1-18-4-6-19(7-5-18)17-34-28-24-13-11-23(31)14-20(24)9-12-25(28)27(33-34)29(35)32-16-21-8-10-22-15-26(21)30(22,2)3/h4-7,11,13-14,21-22,26H,8-10,12,15-17H2,1-3H3,(H,32,35). The van der Waals surface area contributed by atoms with E-state index in [1.165, 1.54) is 36.0 Å². The van der Waals surface area contributed by atoms with E-state index < -0.39 is 0 Å². The van der Waals surface area contributed by atoms with Crippen LogP contribution >= 0.6 is 11.6 Å². The van der Waals surface area contributed by atoms with Crippen molar-refractivity contribution in [2.45, 2.75) is 59.4 Å². The number of benzene rings is 2. The average molecular weight is 488 g/mol. The van der Waals surface area contributed by atoms with E-state index in [9.17, 15) is 4.79 Å². The second-order valence-electron chi connectivity index (χ2n) is 11.5. The first-order chi connectivity index (χ1) is 16.8. The van der Waals surface area contributed by atoms with Gasteiger partial charge >= 0.3 is 0 Å². The third kappa shape index (κ3) is 3.91. The van der Waals surface area contributed by atoms with Gasteiger partial charge in [-0.3, -0.25) is 9.48 Å². The van der Waals surface area contributed by atoms with E-state index in [0.29, 0.717) is 23.6 Å². The van der Waals surface area contributed by atoms with Gasteiger partial charge < -0.3 is 5.32 Å². The molecule has 0 radical (unpaired) electrons. The van der Waals surface area contributed by atoms with Crippen molar-refractivity contribution in [3.63, 3.8) is 0 Å². The van der Waals surface area contributed by atoms with Gasteiger partial charge in [-0.1, -0.05) is 61.3 Å². The Morgan fingerprint density at radius 1 is 1.14 bits per heavy atom. The maximum atomic E-state index is 13.5. The van der Waals surface area contributed by atoms with Crippen LogP contribution in [-0.2, 0) is 19.4 Å². The fourth-order valence-electron chi connectivity index (χ4n) is 6.97. The second kappa shape index (κ2) is 8.51. The van der Waals surface area contributed by atoms with Gasteiger partial charge in [0.1, 0.15) is 0 Å². The van der Waals surface area contributed by atoms with Gasteiger partial charge in [0, 0.05) is 22.7 Å². The van der Waals surface area contributed by atoms with Crippen LogP contribution in [0.25, 0.3) is 11.3 Å². The molecule has 1 heterocycles. The fourth-order valence-corrected chi connectivity index (χ4v) is 7.17. The molecule has 7 rings (SSSR count). The van der Waals surface area contributed by atoms with Crippen molar-refractivity contribution in [3.05, 3.63) is 75.4 Å². The normalized spacial score (nSPS) is 23.7. The predicted molar refractivity (Wildman–Crippen MR) is 141 cm³/mol. The summed E-state index contributed by atoms with van der Waals surface area (Å²) in [4.78, 5) is 13.5. The van der Waals surface area contributed by atoms with Crippen LogP contribution in [0.1, 0.15) is 65.9 Å². The quantitative estimate of drug-likeness (QED) is 0.448. The zero-order valence-electron chi connectivity index (χ0n) is 20.9. The summed E-state index contributed by atoms with van der Waals surface area (Å²) in [5.41, 5.74) is 7.93. The summed E-state index contributed by atoms with van der Waals surface area (Å²) in [6, 6.07) is 14.6. The minimum Gasteiger partial charge on any atom is -0.350 e. The Bertz CT molecular complexity index is 1290. The molecule has 3 aromatic rings. The third-order valence-corrected chi connectivity index (χ3v) is 9.45. The van der Waals surface area contributed by atoms with E-state index in [0.717, 1.165) is 53.1 Å². The molecule has 1 amide bonds. The summed E-state index contributed by atoms with van der Waals surface area (Å²) in [5, 5.41) is 8.97. The van der Waals surface area contributed by atoms with Crippen LogP contribution in [0.5, 0.6) is 0 Å². The van der Waals surface area contributed by atoms with Gasteiger partial charge in [0.2, 0.25) is 0 Å². The van der Waals surface area contributed by atoms with Gasteiger partial charge in [0.05, 0.1) is 12.2 Å². The summed E-state index contributed by atoms with van der Waals surface area (Å²) in [6.07, 6.45) is 5.53. The van der Waals surface area contributed by atoms with Crippen LogP contribution in [-0.4, -0.2) is 22.2 Å². The second-order valence-corrected chi connectivity index (χ2v) is 12.0. The zero-order chi connectivity index (χ0) is 24.3. The van der Waals surface area contributed by atoms with Crippen molar-refractivity contribution in [1.82, 2.24) is 15.1 Å². The molecule has 4 nitrogen and oxygen atoms in total. The highest BCUT2D eigenvalue weighted by Gasteiger charge is 2.54. The van der Waals surface area contributed by atoms with Gasteiger partial charge in [-0.2, -0.15) is 5.10 Å². The molecule has 4 aliphatic carbocycles. The molecule has 1 N–H and O–H groups in total. The number of aromatic nitrogens is 2. The van der Waals surface area contributed by atoms with Crippen molar-refractivity contribution in [2.24, 2.45) is 23.2 Å². The number of aryl methyl sites for hydroxylation is 2. The minimum absolute atomic E-state index is 0.0272. The highest BCUT2D eigenvalue weighted by atomic mass is 35.5. The van der Waals surface area contributed by atoms with Crippen molar-refractivity contribution < 1.29 is 4.79 Å². The Kier molecular flexibility index (Phi) is 5.56. The van der Waals surface area contributed by atoms with Crippen molar-refractivity contribution >= 4 is 17.5 Å². The van der Waals surface area contributed by atoms with Gasteiger partial charge in [-0.15, -0.1) is 0 Å². The molecule has 0 aliphatic heterocycles. The molecule has 2 aromatic carbocycles. The lowest BCUT2D eigenvalue weighted by atomic mass is 9.45. The van der Waals surface area contributed by atoms with Crippen LogP contribution in [0.2, 0.25) is 5.02 Å². The van der Waals surface area contributed by atoms with E-state index in [1.54, 1.807) is 0 Å². The lowest BCUT2D eigenvalue weighted by Crippen LogP contribution is -2.54. The van der Waals surface area contributed by atoms with Gasteiger partial charge in [-0.25, -0.2) is 0 Å². The van der Waals surface area contributed by atoms with E-state index in [2.05, 4.69) is 62.5 Å². The number of halogens is 1. The molecular formula is C30H34ClN3O. The molecule has 2 bridgehead atoms. The van der Waals surface area contributed by atoms with E-state index >= 15 is 0 Å². The fraction of sp³-hybridized carbons (Fsp3) is 0.467. The lowest BCUT2D eigenvalue weighted by Gasteiger charge is -2.60. The summed E-state index contributed by atoms with van der Waals surface area (Å²) in [6.45, 7) is 8.31. The Morgan fingerprint density at radius 2 is 1.94 bits per heavy atom. The molecule has 0 spiro atoms. The number of fused-ring (bicyclic) bond motifs is 5. The Morgan fingerprint density at radius 3 is 2.69 bits per heavy atom. The van der Waals surface area contributed by atoms with E-state index in [1.807, 2.05) is 10.7 Å². The number of rotatable bonds is 5. The van der Waals surface area contributed by atoms with Crippen molar-refractivity contribution in [1.29, 1.82) is 0 Å². The molecule has 3 atom stereocenters. The SMILES string of the molecule is Cc1ccc(Cn2nc(C(=O)NCC3CCC4CC3C4(C)C)c3c2-c2ccc(Cl)cc2CC3)cc1. The predicted octanol–water partition coefficient (Wildman–Crippen LogP) is 6.46. The molecule has 3 saturated carbocycles. The number of hydrogen-bond donors (Lipinski definition) is 1. The zero-order valence-corrected chi connectivity index (χ0v) is 21.7. The number of nitrogens with zero attached hydrogens (tertiary/aromatic N) is 2. The van der Waals surface area contributed by atoms with Crippen molar-refractivity contribution in [3.8, 4) is 11.3 Å². The van der Waals surface area contributed by atoms with Gasteiger partial charge in [0.15, 0.2) is 5.69 Å². The first kappa shape index (κ1) is 22.8. The summed E-state index contributed by atoms with van der Waals surface area (Å²) >= 11 is 6.31. The number of nitrogens with one attached hydrogen (secondary N) is 1. The van der Waals surface area contributed by atoms with Crippen LogP contribution < -0.4 is 5.32 Å². The van der Waals surface area contributed by atoms with Crippen LogP contribution in [0.15, 0.2) is 42.5 Å². The highest BCUT2D eigenvalue weighted by Crippen LogP contribution is 2.61. The maximum Gasteiger partial charge on any atom is 0.272 e. The number of carbonyl (C=O) groups excluding carboxylic acids is 1. The molecule has 3 fully saturated rings. The maximum absolute atomic E-state index is 13.5. The molecule has 0 saturated heterocycles. The molecule has 1 aromatic heterocycles. The Hall–Kier alpha value is -2.59. The smallest absolute Gasteiger partial charge is 0.272 e. The Labute approximate surface area is 213 Å². The molecular weight excluding hydrogens is 454 g/mol. The largest absolute Gasteiger partial charge is 0.350 e. The van der Waals surface area contributed by atoms with E-state index in [4.69, 9.17) is 16.7 Å². The number of amides is 1. The average Bonchev–Trinajstić information content (AvgIpc) is 3.22. The summed E-state index contributed by atoms with van der Waals surface area (Å²) in [5.74, 6) is 2.15. The lowest BCUT2D eigenvalue weighted by molar-refractivity contribution is -0.103. The third-order valence-electron chi connectivity index (χ3n) is 9.21. The van der Waals surface area contributed by atoms with Crippen LogP contribution in [0.3, 0.4) is 0 Å². The van der Waals surface area contributed by atoms with Gasteiger partial charge in [-0.05, 0) is 85.5 Å². The molecule has 3 unspecified atom stereocenters. The first-order valence-electron chi connectivity index (χ1n) is 13.0. The topological polar surface area (TPSA) is 46.9 Å². The number of carbonyl (C=O) groups is 1. The van der Waals surface area contributed by atoms with Gasteiger partial charge in [0.25, 0.3) is 5.91 Å². The molecule has 4 aliphatic rings. The van der Waals surface area contributed by atoms with Crippen LogP contribution in [0.4, 0.5) is 0 Å². The van der Waals surface area contributed by atoms with E-state index in [-0.39, 0.29) is 5.91 Å². The number of hydrogen-bond acceptors (Lipinski definition) is 2. The highest BCUT2D eigenvalue weighted by molar-refractivity contribution is 6.30. The Balaban J connectivity index is 1.30. The molecule has 182 valence electrons. The molecule has 35 heavy (non-hydrogen) atoms. The first-order valence-corrected chi connectivity index (χ1v) is 13.4. The van der Waals surface area contributed by atoms with Crippen LogP contribution in [0, 0.1) is 30.1 Å². The monoisotopic (exact) mass is 487 g/mol. The minimum atomic E-state index is -0.0272.